The summed E-state index contributed by atoms with van der Waals surface area (Å²) in [6.07, 6.45) is 0. The van der Waals surface area contributed by atoms with Crippen LogP contribution in [0.25, 0.3) is 0 Å². The highest BCUT2D eigenvalue weighted by Crippen LogP contribution is 2.24. The summed E-state index contributed by atoms with van der Waals surface area (Å²) in [5, 5.41) is 6.72. The van der Waals surface area contributed by atoms with Gasteiger partial charge in [-0.05, 0) is 81.9 Å². The largest absolute Gasteiger partial charge is 0.369 e. The van der Waals surface area contributed by atoms with Crippen molar-refractivity contribution >= 4 is 44.4 Å². The predicted molar refractivity (Wildman–Crippen MR) is 136 cm³/mol. The highest BCUT2D eigenvalue weighted by molar-refractivity contribution is 7.89. The molecule has 0 spiro atoms. The molecule has 2 aromatic carbocycles. The van der Waals surface area contributed by atoms with Crippen molar-refractivity contribution in [3.05, 3.63) is 48.0 Å². The van der Waals surface area contributed by atoms with Gasteiger partial charge in [-0.25, -0.2) is 8.42 Å². The molecule has 0 amide bonds. The van der Waals surface area contributed by atoms with Crippen molar-refractivity contribution in [2.75, 3.05) is 35.2 Å². The van der Waals surface area contributed by atoms with Crippen molar-refractivity contribution in [2.45, 2.75) is 52.5 Å². The van der Waals surface area contributed by atoms with Gasteiger partial charge in [0, 0.05) is 42.7 Å². The van der Waals surface area contributed by atoms with Gasteiger partial charge in [-0.1, -0.05) is 19.9 Å². The molecular formula is C23H34N4O2S2. The Labute approximate surface area is 192 Å². The van der Waals surface area contributed by atoms with Crippen LogP contribution in [-0.4, -0.2) is 43.5 Å². The number of aryl methyl sites for hydroxylation is 1. The first-order valence-electron chi connectivity index (χ1n) is 10.7. The smallest absolute Gasteiger partial charge is 0.243 e. The van der Waals surface area contributed by atoms with Gasteiger partial charge in [0.2, 0.25) is 10.0 Å². The fourth-order valence-electron chi connectivity index (χ4n) is 3.48. The summed E-state index contributed by atoms with van der Waals surface area (Å²) < 4.78 is 27.1. The van der Waals surface area contributed by atoms with Gasteiger partial charge >= 0.3 is 0 Å². The second kappa shape index (κ2) is 10.9. The van der Waals surface area contributed by atoms with Gasteiger partial charge in [0.05, 0.1) is 4.90 Å². The summed E-state index contributed by atoms with van der Waals surface area (Å²) in [6, 6.07) is 13.6. The van der Waals surface area contributed by atoms with E-state index in [0.717, 1.165) is 23.5 Å². The van der Waals surface area contributed by atoms with Crippen LogP contribution in [0.3, 0.4) is 0 Å². The number of hydrogen-bond acceptors (Lipinski definition) is 4. The molecule has 0 atom stereocenters. The minimum Gasteiger partial charge on any atom is -0.369 e. The molecule has 2 N–H and O–H groups in total. The monoisotopic (exact) mass is 462 g/mol. The molecule has 0 saturated carbocycles. The van der Waals surface area contributed by atoms with Gasteiger partial charge in [-0.3, -0.25) is 0 Å². The van der Waals surface area contributed by atoms with E-state index in [1.807, 2.05) is 32.9 Å². The molecule has 6 nitrogen and oxygen atoms in total. The van der Waals surface area contributed by atoms with Crippen LogP contribution in [0.4, 0.5) is 17.1 Å². The van der Waals surface area contributed by atoms with E-state index in [0.29, 0.717) is 29.9 Å². The molecule has 0 aliphatic rings. The highest BCUT2D eigenvalue weighted by atomic mass is 32.2. The normalized spacial score (nSPS) is 11.6. The Morgan fingerprint density at radius 1 is 0.968 bits per heavy atom. The zero-order chi connectivity index (χ0) is 23.2. The molecule has 0 aliphatic carbocycles. The molecular weight excluding hydrogens is 428 g/mol. The van der Waals surface area contributed by atoms with Gasteiger partial charge in [0.15, 0.2) is 5.11 Å². The average molecular weight is 463 g/mol. The van der Waals surface area contributed by atoms with E-state index in [2.05, 4.69) is 48.4 Å². The van der Waals surface area contributed by atoms with Crippen molar-refractivity contribution in [1.82, 2.24) is 4.31 Å². The topological polar surface area (TPSA) is 64.7 Å². The second-order valence-electron chi connectivity index (χ2n) is 7.57. The Balaban J connectivity index is 2.15. The lowest BCUT2D eigenvalue weighted by Crippen LogP contribution is -2.30. The quantitative estimate of drug-likeness (QED) is 0.507. The van der Waals surface area contributed by atoms with Crippen molar-refractivity contribution in [2.24, 2.45) is 0 Å². The lowest BCUT2D eigenvalue weighted by atomic mass is 10.2. The van der Waals surface area contributed by atoms with E-state index in [1.54, 1.807) is 18.2 Å². The number of thiocarbonyl (C=S) groups is 1. The van der Waals surface area contributed by atoms with E-state index in [4.69, 9.17) is 12.2 Å². The molecule has 2 rings (SSSR count). The molecule has 0 bridgehead atoms. The van der Waals surface area contributed by atoms with Gasteiger partial charge in [0.25, 0.3) is 0 Å². The Morgan fingerprint density at radius 3 is 2.10 bits per heavy atom. The maximum atomic E-state index is 12.8. The minimum absolute atomic E-state index is 0.254. The number of nitrogens with zero attached hydrogens (tertiary/aromatic N) is 2. The molecule has 0 saturated heterocycles. The molecule has 0 radical (unpaired) electrons. The number of sulfonamides is 1. The summed E-state index contributed by atoms with van der Waals surface area (Å²) in [5.41, 5.74) is 3.60. The number of benzene rings is 2. The maximum absolute atomic E-state index is 12.8. The maximum Gasteiger partial charge on any atom is 0.243 e. The van der Waals surface area contributed by atoms with Crippen LogP contribution in [-0.2, 0) is 10.0 Å². The summed E-state index contributed by atoms with van der Waals surface area (Å²) in [4.78, 5) is 2.57. The number of anilines is 3. The predicted octanol–water partition coefficient (Wildman–Crippen LogP) is 5.07. The molecule has 2 aromatic rings. The van der Waals surface area contributed by atoms with Crippen LogP contribution in [0.1, 0.15) is 40.2 Å². The van der Waals surface area contributed by atoms with E-state index >= 15 is 0 Å². The molecule has 0 unspecified atom stereocenters. The second-order valence-corrected chi connectivity index (χ2v) is 9.92. The first-order chi connectivity index (χ1) is 14.6. The molecule has 8 heteroatoms. The zero-order valence-electron chi connectivity index (χ0n) is 19.3. The number of rotatable bonds is 9. The van der Waals surface area contributed by atoms with Gasteiger partial charge < -0.3 is 15.5 Å². The standard InChI is InChI=1S/C23H34N4O2S2/c1-7-26(8-2)31(28,29)21-15-10-18(6)22(16-21)25-23(30)24-19-11-13-20(14-12-19)27(9-3)17(4)5/h10-17H,7-9H2,1-6H3,(H2,24,25,30). The fourth-order valence-corrected chi connectivity index (χ4v) is 5.19. The third kappa shape index (κ3) is 6.18. The zero-order valence-corrected chi connectivity index (χ0v) is 20.9. The number of hydrogen-bond donors (Lipinski definition) is 2. The Bertz CT molecular complexity index is 985. The molecule has 31 heavy (non-hydrogen) atoms. The average Bonchev–Trinajstić information content (AvgIpc) is 2.71. The Morgan fingerprint density at radius 2 is 1.58 bits per heavy atom. The van der Waals surface area contributed by atoms with E-state index in [1.165, 1.54) is 4.31 Å². The highest BCUT2D eigenvalue weighted by Gasteiger charge is 2.22. The van der Waals surface area contributed by atoms with Crippen LogP contribution < -0.4 is 15.5 Å². The van der Waals surface area contributed by atoms with E-state index < -0.39 is 10.0 Å². The molecule has 0 fully saturated rings. The summed E-state index contributed by atoms with van der Waals surface area (Å²) in [7, 11) is -3.53. The molecule has 170 valence electrons. The van der Waals surface area contributed by atoms with Crippen molar-refractivity contribution in [3.8, 4) is 0 Å². The Kier molecular flexibility index (Phi) is 8.85. The van der Waals surface area contributed by atoms with Gasteiger partial charge in [-0.15, -0.1) is 0 Å². The van der Waals surface area contributed by atoms with Crippen LogP contribution >= 0.6 is 12.2 Å². The molecule has 0 aromatic heterocycles. The van der Waals surface area contributed by atoms with Gasteiger partial charge in [0.1, 0.15) is 0 Å². The van der Waals surface area contributed by atoms with Crippen molar-refractivity contribution < 1.29 is 8.42 Å². The van der Waals surface area contributed by atoms with Crippen LogP contribution in [0.5, 0.6) is 0 Å². The molecule has 0 heterocycles. The summed E-state index contributed by atoms with van der Waals surface area (Å²) in [6.45, 7) is 13.9. The van der Waals surface area contributed by atoms with E-state index in [-0.39, 0.29) is 4.90 Å². The third-order valence-electron chi connectivity index (χ3n) is 5.22. The number of nitrogens with one attached hydrogen (secondary N) is 2. The fraction of sp³-hybridized carbons (Fsp3) is 0.435. The van der Waals surface area contributed by atoms with E-state index in [9.17, 15) is 8.42 Å². The lowest BCUT2D eigenvalue weighted by molar-refractivity contribution is 0.445. The first-order valence-corrected chi connectivity index (χ1v) is 12.5. The van der Waals surface area contributed by atoms with Crippen molar-refractivity contribution in [1.29, 1.82) is 0 Å². The van der Waals surface area contributed by atoms with Crippen LogP contribution in [0.15, 0.2) is 47.4 Å². The van der Waals surface area contributed by atoms with Crippen molar-refractivity contribution in [3.63, 3.8) is 0 Å². The minimum atomic E-state index is -3.53. The summed E-state index contributed by atoms with van der Waals surface area (Å²) in [5.74, 6) is 0. The van der Waals surface area contributed by atoms with Crippen LogP contribution in [0, 0.1) is 6.92 Å². The molecule has 0 aliphatic heterocycles. The van der Waals surface area contributed by atoms with Crippen LogP contribution in [0.2, 0.25) is 0 Å². The Hall–Kier alpha value is -2.16. The SMILES string of the molecule is CCN(c1ccc(NC(=S)Nc2cc(S(=O)(=O)N(CC)CC)ccc2C)cc1)C(C)C. The van der Waals surface area contributed by atoms with Gasteiger partial charge in [-0.2, -0.15) is 4.31 Å². The lowest BCUT2D eigenvalue weighted by Gasteiger charge is -2.27. The first kappa shape index (κ1) is 25.1. The third-order valence-corrected chi connectivity index (χ3v) is 7.47. The summed E-state index contributed by atoms with van der Waals surface area (Å²) >= 11 is 5.47.